The summed E-state index contributed by atoms with van der Waals surface area (Å²) in [4.78, 5) is 12.6. The molecule has 2 heterocycles. The van der Waals surface area contributed by atoms with Crippen molar-refractivity contribution in [2.75, 3.05) is 5.32 Å². The van der Waals surface area contributed by atoms with Gasteiger partial charge in [-0.15, -0.1) is 0 Å². The Morgan fingerprint density at radius 1 is 1.26 bits per heavy atom. The zero-order chi connectivity index (χ0) is 19.7. The maximum Gasteiger partial charge on any atom is 0.250 e. The van der Waals surface area contributed by atoms with Gasteiger partial charge in [-0.05, 0) is 58.7 Å². The van der Waals surface area contributed by atoms with Gasteiger partial charge in [0.2, 0.25) is 5.91 Å². The van der Waals surface area contributed by atoms with Gasteiger partial charge in [0.05, 0.1) is 26.9 Å². The number of anilines is 1. The van der Waals surface area contributed by atoms with E-state index in [0.717, 1.165) is 15.9 Å². The highest BCUT2D eigenvalue weighted by atomic mass is 79.9. The number of halogens is 3. The van der Waals surface area contributed by atoms with Crippen LogP contribution in [0, 0.1) is 19.7 Å². The molecule has 6 nitrogen and oxygen atoms in total. The molecular formula is C18H18Br2FN5O. The van der Waals surface area contributed by atoms with Gasteiger partial charge in [0.1, 0.15) is 11.9 Å². The zero-order valence-electron chi connectivity index (χ0n) is 15.0. The molecule has 9 heteroatoms. The predicted octanol–water partition coefficient (Wildman–Crippen LogP) is 4.61. The molecule has 0 aliphatic carbocycles. The van der Waals surface area contributed by atoms with Crippen LogP contribution in [0.5, 0.6) is 0 Å². The zero-order valence-corrected chi connectivity index (χ0v) is 18.2. The highest BCUT2D eigenvalue weighted by Crippen LogP contribution is 2.25. The van der Waals surface area contributed by atoms with Crippen molar-refractivity contribution in [3.05, 3.63) is 62.2 Å². The average Bonchev–Trinajstić information content (AvgIpc) is 3.10. The predicted molar refractivity (Wildman–Crippen MR) is 108 cm³/mol. The van der Waals surface area contributed by atoms with Crippen molar-refractivity contribution in [2.45, 2.75) is 33.4 Å². The van der Waals surface area contributed by atoms with E-state index in [1.165, 1.54) is 6.07 Å². The summed E-state index contributed by atoms with van der Waals surface area (Å²) in [6, 6.07) is 6.01. The monoisotopic (exact) mass is 497 g/mol. The molecule has 0 saturated carbocycles. The third-order valence-corrected chi connectivity index (χ3v) is 5.96. The summed E-state index contributed by atoms with van der Waals surface area (Å²) in [5, 5.41) is 11.5. The van der Waals surface area contributed by atoms with Crippen LogP contribution in [0.2, 0.25) is 0 Å². The minimum atomic E-state index is -0.515. The normalized spacial score (nSPS) is 12.2. The van der Waals surface area contributed by atoms with E-state index in [-0.39, 0.29) is 18.3 Å². The summed E-state index contributed by atoms with van der Waals surface area (Å²) in [5.41, 5.74) is 2.22. The second-order valence-electron chi connectivity index (χ2n) is 6.21. The average molecular weight is 499 g/mol. The van der Waals surface area contributed by atoms with E-state index < -0.39 is 6.04 Å². The summed E-state index contributed by atoms with van der Waals surface area (Å²) in [5.74, 6) is -0.160. The molecule has 0 radical (unpaired) electrons. The third-order valence-electron chi connectivity index (χ3n) is 4.23. The minimum Gasteiger partial charge on any atom is -0.306 e. The van der Waals surface area contributed by atoms with Crippen LogP contribution in [0.25, 0.3) is 0 Å². The van der Waals surface area contributed by atoms with Gasteiger partial charge in [-0.1, -0.05) is 18.2 Å². The standard InChI is InChI=1S/C18H18Br2FN5O/c1-10-16(20)11(2)26(23-10)12(3)18(27)22-17-14(19)9-25(24-17)8-13-6-4-5-7-15(13)21/h4-7,9,12H,8H2,1-3H3,(H,22,24,27). The molecule has 1 amide bonds. The van der Waals surface area contributed by atoms with Crippen LogP contribution in [-0.2, 0) is 11.3 Å². The molecule has 3 aromatic rings. The van der Waals surface area contributed by atoms with E-state index in [1.54, 1.807) is 40.7 Å². The van der Waals surface area contributed by atoms with Gasteiger partial charge in [-0.3, -0.25) is 14.2 Å². The highest BCUT2D eigenvalue weighted by Gasteiger charge is 2.22. The Morgan fingerprint density at radius 3 is 2.59 bits per heavy atom. The number of benzene rings is 1. The lowest BCUT2D eigenvalue weighted by molar-refractivity contribution is -0.119. The number of aryl methyl sites for hydroxylation is 1. The smallest absolute Gasteiger partial charge is 0.250 e. The molecule has 2 aromatic heterocycles. The molecule has 1 atom stereocenters. The topological polar surface area (TPSA) is 64.7 Å². The number of carbonyl (C=O) groups is 1. The molecule has 1 N–H and O–H groups in total. The van der Waals surface area contributed by atoms with E-state index in [2.05, 4.69) is 47.4 Å². The number of nitrogens with zero attached hydrogens (tertiary/aromatic N) is 4. The molecule has 1 aromatic carbocycles. The lowest BCUT2D eigenvalue weighted by atomic mass is 10.2. The van der Waals surface area contributed by atoms with Gasteiger partial charge >= 0.3 is 0 Å². The van der Waals surface area contributed by atoms with Crippen molar-refractivity contribution < 1.29 is 9.18 Å². The fourth-order valence-corrected chi connectivity index (χ4v) is 3.39. The van der Waals surface area contributed by atoms with Crippen molar-refractivity contribution >= 4 is 43.6 Å². The quantitative estimate of drug-likeness (QED) is 0.558. The highest BCUT2D eigenvalue weighted by molar-refractivity contribution is 9.11. The van der Waals surface area contributed by atoms with Crippen molar-refractivity contribution in [1.29, 1.82) is 0 Å². The molecule has 0 saturated heterocycles. The first kappa shape index (κ1) is 19.8. The molecule has 0 spiro atoms. The lowest BCUT2D eigenvalue weighted by Gasteiger charge is -2.13. The first-order valence-corrected chi connectivity index (χ1v) is 9.85. The first-order chi connectivity index (χ1) is 12.8. The molecule has 0 aliphatic heterocycles. The van der Waals surface area contributed by atoms with Crippen LogP contribution < -0.4 is 5.32 Å². The van der Waals surface area contributed by atoms with Gasteiger partial charge in [-0.25, -0.2) is 4.39 Å². The third kappa shape index (κ3) is 4.14. The largest absolute Gasteiger partial charge is 0.306 e. The Balaban J connectivity index is 1.75. The summed E-state index contributed by atoms with van der Waals surface area (Å²) in [7, 11) is 0. The van der Waals surface area contributed by atoms with Crippen LogP contribution in [0.15, 0.2) is 39.4 Å². The second kappa shape index (κ2) is 7.93. The van der Waals surface area contributed by atoms with Crippen LogP contribution in [0.4, 0.5) is 10.2 Å². The second-order valence-corrected chi connectivity index (χ2v) is 7.86. The van der Waals surface area contributed by atoms with E-state index in [0.29, 0.717) is 15.9 Å². The van der Waals surface area contributed by atoms with E-state index in [4.69, 9.17) is 0 Å². The van der Waals surface area contributed by atoms with Crippen molar-refractivity contribution in [2.24, 2.45) is 0 Å². The van der Waals surface area contributed by atoms with Gasteiger partial charge in [0.25, 0.3) is 0 Å². The van der Waals surface area contributed by atoms with Crippen molar-refractivity contribution in [3.8, 4) is 0 Å². The summed E-state index contributed by atoms with van der Waals surface area (Å²) in [6.45, 7) is 5.80. The SMILES string of the molecule is Cc1nn(C(C)C(=O)Nc2nn(Cc3ccccc3F)cc2Br)c(C)c1Br. The van der Waals surface area contributed by atoms with Crippen LogP contribution >= 0.6 is 31.9 Å². The number of aromatic nitrogens is 4. The van der Waals surface area contributed by atoms with Crippen LogP contribution in [0.3, 0.4) is 0 Å². The Morgan fingerprint density at radius 2 is 1.96 bits per heavy atom. The molecule has 1 unspecified atom stereocenters. The first-order valence-electron chi connectivity index (χ1n) is 8.26. The lowest BCUT2D eigenvalue weighted by Crippen LogP contribution is -2.25. The fourth-order valence-electron chi connectivity index (χ4n) is 2.72. The number of nitrogens with one attached hydrogen (secondary N) is 1. The molecular weight excluding hydrogens is 481 g/mol. The van der Waals surface area contributed by atoms with Crippen LogP contribution in [0.1, 0.15) is 29.9 Å². The van der Waals surface area contributed by atoms with Crippen LogP contribution in [-0.4, -0.2) is 25.5 Å². The van der Waals surface area contributed by atoms with E-state index >= 15 is 0 Å². The number of carbonyl (C=O) groups excluding carboxylic acids is 1. The van der Waals surface area contributed by atoms with Gasteiger partial charge < -0.3 is 5.32 Å². The summed E-state index contributed by atoms with van der Waals surface area (Å²) < 4.78 is 18.6. The minimum absolute atomic E-state index is 0.245. The van der Waals surface area contributed by atoms with Crippen molar-refractivity contribution in [3.63, 3.8) is 0 Å². The van der Waals surface area contributed by atoms with E-state index in [9.17, 15) is 9.18 Å². The molecule has 27 heavy (non-hydrogen) atoms. The maximum atomic E-state index is 13.8. The Labute approximate surface area is 173 Å². The number of amides is 1. The molecule has 0 bridgehead atoms. The van der Waals surface area contributed by atoms with Crippen molar-refractivity contribution in [1.82, 2.24) is 19.6 Å². The number of hydrogen-bond donors (Lipinski definition) is 1. The molecule has 3 rings (SSSR count). The van der Waals surface area contributed by atoms with Gasteiger partial charge in [0, 0.05) is 11.8 Å². The Kier molecular flexibility index (Phi) is 5.81. The van der Waals surface area contributed by atoms with Gasteiger partial charge in [-0.2, -0.15) is 10.2 Å². The molecule has 142 valence electrons. The fraction of sp³-hybridized carbons (Fsp3) is 0.278. The van der Waals surface area contributed by atoms with Gasteiger partial charge in [0.15, 0.2) is 5.82 Å². The van der Waals surface area contributed by atoms with E-state index in [1.807, 2.05) is 13.8 Å². The Bertz CT molecular complexity index is 998. The summed E-state index contributed by atoms with van der Waals surface area (Å²) in [6.07, 6.45) is 1.70. The number of rotatable bonds is 5. The summed E-state index contributed by atoms with van der Waals surface area (Å²) >= 11 is 6.86. The number of hydrogen-bond acceptors (Lipinski definition) is 3. The molecule has 0 fully saturated rings. The Hall–Kier alpha value is -2.00. The molecule has 0 aliphatic rings. The maximum absolute atomic E-state index is 13.8.